The summed E-state index contributed by atoms with van der Waals surface area (Å²) in [6, 6.07) is 13.5. The molecule has 1 N–H and O–H groups in total. The van der Waals surface area contributed by atoms with Gasteiger partial charge in [-0.3, -0.25) is 14.7 Å². The summed E-state index contributed by atoms with van der Waals surface area (Å²) in [4.78, 5) is 18.7. The summed E-state index contributed by atoms with van der Waals surface area (Å²) in [6.07, 6.45) is 5.27. The van der Waals surface area contributed by atoms with Gasteiger partial charge in [-0.25, -0.2) is 0 Å². The van der Waals surface area contributed by atoms with E-state index in [4.69, 9.17) is 12.2 Å². The van der Waals surface area contributed by atoms with Gasteiger partial charge < -0.3 is 5.32 Å². The first kappa shape index (κ1) is 14.7. The van der Waals surface area contributed by atoms with Crippen molar-refractivity contribution < 1.29 is 4.79 Å². The zero-order valence-electron chi connectivity index (χ0n) is 11.6. The van der Waals surface area contributed by atoms with Gasteiger partial charge in [-0.2, -0.15) is 0 Å². The van der Waals surface area contributed by atoms with Gasteiger partial charge in [0.2, 0.25) is 0 Å². The van der Waals surface area contributed by atoms with Gasteiger partial charge in [0.15, 0.2) is 0 Å². The van der Waals surface area contributed by atoms with Crippen LogP contribution in [0, 0.1) is 0 Å². The number of nitrogens with one attached hydrogen (secondary N) is 1. The normalized spacial score (nSPS) is 16.4. The highest BCUT2D eigenvalue weighted by Gasteiger charge is 2.31. The predicted molar refractivity (Wildman–Crippen MR) is 94.2 cm³/mol. The lowest BCUT2D eigenvalue weighted by Gasteiger charge is -2.15. The SMILES string of the molecule is O=C1/C(=C/c2ccccc2)SC(=S)N1CNc1cccnc1. The minimum Gasteiger partial charge on any atom is -0.366 e. The standard InChI is InChI=1S/C16H13N3OS2/c20-15-14(9-12-5-2-1-3-6-12)22-16(21)19(15)11-18-13-7-4-8-17-10-13/h1-10,18H,11H2/b14-9-. The molecule has 1 amide bonds. The van der Waals surface area contributed by atoms with Gasteiger partial charge in [0.1, 0.15) is 4.32 Å². The van der Waals surface area contributed by atoms with Crippen LogP contribution >= 0.6 is 24.0 Å². The Kier molecular flexibility index (Phi) is 4.50. The van der Waals surface area contributed by atoms with Crippen LogP contribution < -0.4 is 5.32 Å². The maximum absolute atomic E-state index is 12.4. The van der Waals surface area contributed by atoms with Crippen molar-refractivity contribution in [3.05, 3.63) is 65.3 Å². The predicted octanol–water partition coefficient (Wildman–Crippen LogP) is 3.35. The molecule has 0 radical (unpaired) electrons. The number of anilines is 1. The Bertz CT molecular complexity index is 717. The lowest BCUT2D eigenvalue weighted by atomic mass is 10.2. The fraction of sp³-hybridized carbons (Fsp3) is 0.0625. The van der Waals surface area contributed by atoms with Crippen molar-refractivity contribution in [1.82, 2.24) is 9.88 Å². The Morgan fingerprint density at radius 3 is 2.77 bits per heavy atom. The van der Waals surface area contributed by atoms with Crippen molar-refractivity contribution in [2.24, 2.45) is 0 Å². The maximum atomic E-state index is 12.4. The molecule has 1 saturated heterocycles. The van der Waals surface area contributed by atoms with Crippen LogP contribution in [0.15, 0.2) is 59.8 Å². The molecule has 1 aromatic heterocycles. The first-order valence-corrected chi connectivity index (χ1v) is 7.91. The van der Waals surface area contributed by atoms with Crippen LogP contribution in [0.3, 0.4) is 0 Å². The third-order valence-electron chi connectivity index (χ3n) is 3.07. The van der Waals surface area contributed by atoms with Crippen LogP contribution in [0.2, 0.25) is 0 Å². The fourth-order valence-electron chi connectivity index (χ4n) is 1.97. The average molecular weight is 327 g/mol. The molecule has 0 aliphatic carbocycles. The topological polar surface area (TPSA) is 45.2 Å². The molecule has 110 valence electrons. The maximum Gasteiger partial charge on any atom is 0.267 e. The molecule has 1 aliphatic heterocycles. The van der Waals surface area contributed by atoms with E-state index >= 15 is 0 Å². The number of carbonyl (C=O) groups excluding carboxylic acids is 1. The quantitative estimate of drug-likeness (QED) is 0.689. The van der Waals surface area contributed by atoms with Crippen molar-refractivity contribution in [1.29, 1.82) is 0 Å². The summed E-state index contributed by atoms with van der Waals surface area (Å²) in [6.45, 7) is 0.336. The lowest BCUT2D eigenvalue weighted by molar-refractivity contribution is -0.121. The number of pyridine rings is 1. The van der Waals surface area contributed by atoms with Crippen molar-refractivity contribution in [3.63, 3.8) is 0 Å². The van der Waals surface area contributed by atoms with E-state index in [1.54, 1.807) is 17.3 Å². The number of hydrogen-bond donors (Lipinski definition) is 1. The molecule has 0 atom stereocenters. The molecular formula is C16H13N3OS2. The first-order chi connectivity index (χ1) is 10.7. The number of thiocarbonyl (C=S) groups is 1. The molecule has 1 fully saturated rings. The number of amides is 1. The summed E-state index contributed by atoms with van der Waals surface area (Å²) in [5.41, 5.74) is 1.84. The Morgan fingerprint density at radius 2 is 2.05 bits per heavy atom. The Morgan fingerprint density at radius 1 is 1.23 bits per heavy atom. The Labute approximate surface area is 138 Å². The highest BCUT2D eigenvalue weighted by molar-refractivity contribution is 8.26. The second-order valence-corrected chi connectivity index (χ2v) is 6.27. The molecule has 0 spiro atoms. The number of hydrogen-bond acceptors (Lipinski definition) is 5. The number of benzene rings is 1. The molecule has 6 heteroatoms. The van der Waals surface area contributed by atoms with Crippen LogP contribution in [0.1, 0.15) is 5.56 Å². The molecular weight excluding hydrogens is 314 g/mol. The highest BCUT2D eigenvalue weighted by Crippen LogP contribution is 2.32. The van der Waals surface area contributed by atoms with Gasteiger partial charge in [-0.15, -0.1) is 0 Å². The molecule has 2 aromatic rings. The van der Waals surface area contributed by atoms with E-state index in [1.165, 1.54) is 11.8 Å². The van der Waals surface area contributed by atoms with E-state index in [2.05, 4.69) is 10.3 Å². The molecule has 3 rings (SSSR count). The van der Waals surface area contributed by atoms with Crippen LogP contribution in [0.5, 0.6) is 0 Å². The molecule has 2 heterocycles. The highest BCUT2D eigenvalue weighted by atomic mass is 32.2. The van der Waals surface area contributed by atoms with Crippen LogP contribution in [0.4, 0.5) is 5.69 Å². The molecule has 0 unspecified atom stereocenters. The third kappa shape index (κ3) is 3.35. The summed E-state index contributed by atoms with van der Waals surface area (Å²) in [5.74, 6) is -0.0738. The van der Waals surface area contributed by atoms with Gasteiger partial charge in [0.25, 0.3) is 5.91 Å². The smallest absolute Gasteiger partial charge is 0.267 e. The molecule has 0 bridgehead atoms. The average Bonchev–Trinajstić information content (AvgIpc) is 2.81. The number of carbonyl (C=O) groups is 1. The largest absolute Gasteiger partial charge is 0.366 e. The lowest BCUT2D eigenvalue weighted by Crippen LogP contribution is -2.33. The molecule has 4 nitrogen and oxygen atoms in total. The number of nitrogens with zero attached hydrogens (tertiary/aromatic N) is 2. The van der Waals surface area contributed by atoms with Crippen molar-refractivity contribution in [2.75, 3.05) is 12.0 Å². The van der Waals surface area contributed by atoms with Crippen LogP contribution in [-0.2, 0) is 4.79 Å². The second kappa shape index (κ2) is 6.72. The van der Waals surface area contributed by atoms with E-state index in [9.17, 15) is 4.79 Å². The summed E-state index contributed by atoms with van der Waals surface area (Å²) >= 11 is 6.62. The summed E-state index contributed by atoms with van der Waals surface area (Å²) in [5, 5.41) is 3.15. The number of rotatable bonds is 4. The van der Waals surface area contributed by atoms with Crippen LogP contribution in [0.25, 0.3) is 6.08 Å². The van der Waals surface area contributed by atoms with E-state index in [-0.39, 0.29) is 5.91 Å². The Hall–Kier alpha value is -2.18. The first-order valence-electron chi connectivity index (χ1n) is 6.68. The molecule has 1 aliphatic rings. The van der Waals surface area contributed by atoms with Crippen molar-refractivity contribution in [2.45, 2.75) is 0 Å². The second-order valence-electron chi connectivity index (χ2n) is 4.60. The van der Waals surface area contributed by atoms with Gasteiger partial charge in [0, 0.05) is 12.4 Å². The summed E-state index contributed by atoms with van der Waals surface area (Å²) in [7, 11) is 0. The zero-order chi connectivity index (χ0) is 15.4. The van der Waals surface area contributed by atoms with E-state index < -0.39 is 0 Å². The number of aromatic nitrogens is 1. The van der Waals surface area contributed by atoms with E-state index in [1.807, 2.05) is 48.5 Å². The van der Waals surface area contributed by atoms with Crippen molar-refractivity contribution in [3.8, 4) is 0 Å². The fourth-order valence-corrected chi connectivity index (χ4v) is 3.23. The minimum atomic E-state index is -0.0738. The van der Waals surface area contributed by atoms with Gasteiger partial charge in [-0.1, -0.05) is 54.3 Å². The third-order valence-corrected chi connectivity index (χ3v) is 4.45. The monoisotopic (exact) mass is 327 g/mol. The van der Waals surface area contributed by atoms with Gasteiger partial charge in [0.05, 0.1) is 17.3 Å². The van der Waals surface area contributed by atoms with Gasteiger partial charge >= 0.3 is 0 Å². The Balaban J connectivity index is 1.71. The molecule has 0 saturated carbocycles. The van der Waals surface area contributed by atoms with Gasteiger partial charge in [-0.05, 0) is 23.8 Å². The van der Waals surface area contributed by atoms with Crippen LogP contribution in [-0.4, -0.2) is 26.8 Å². The molecule has 1 aromatic carbocycles. The zero-order valence-corrected chi connectivity index (χ0v) is 13.2. The van der Waals surface area contributed by atoms with E-state index in [0.29, 0.717) is 15.9 Å². The minimum absolute atomic E-state index is 0.0738. The molecule has 22 heavy (non-hydrogen) atoms. The van der Waals surface area contributed by atoms with E-state index in [0.717, 1.165) is 11.3 Å². The number of thioether (sulfide) groups is 1. The van der Waals surface area contributed by atoms with Crippen molar-refractivity contribution >= 4 is 46.0 Å². The summed E-state index contributed by atoms with van der Waals surface area (Å²) < 4.78 is 0.559.